The van der Waals surface area contributed by atoms with Crippen molar-refractivity contribution in [1.29, 1.82) is 0 Å². The van der Waals surface area contributed by atoms with Crippen LogP contribution < -0.4 is 15.8 Å². The SMILES string of the molecule is COc1cccc([C@@H](C)NC(=O)CC2(CN)CCC2)c1. The van der Waals surface area contributed by atoms with Gasteiger partial charge in [0.1, 0.15) is 5.75 Å². The molecular formula is C16H24N2O2. The van der Waals surface area contributed by atoms with Crippen molar-refractivity contribution in [2.45, 2.75) is 38.6 Å². The minimum atomic E-state index is -0.0208. The highest BCUT2D eigenvalue weighted by Crippen LogP contribution is 2.42. The summed E-state index contributed by atoms with van der Waals surface area (Å²) >= 11 is 0. The van der Waals surface area contributed by atoms with Crippen molar-refractivity contribution >= 4 is 5.91 Å². The van der Waals surface area contributed by atoms with Gasteiger partial charge < -0.3 is 15.8 Å². The molecule has 1 amide bonds. The number of amides is 1. The largest absolute Gasteiger partial charge is 0.497 e. The second kappa shape index (κ2) is 6.27. The Hall–Kier alpha value is -1.55. The van der Waals surface area contributed by atoms with Gasteiger partial charge in [-0.3, -0.25) is 4.79 Å². The van der Waals surface area contributed by atoms with Crippen molar-refractivity contribution in [3.63, 3.8) is 0 Å². The van der Waals surface area contributed by atoms with Crippen molar-refractivity contribution in [3.05, 3.63) is 29.8 Å². The van der Waals surface area contributed by atoms with E-state index in [1.807, 2.05) is 31.2 Å². The van der Waals surface area contributed by atoms with E-state index in [1.54, 1.807) is 7.11 Å². The minimum Gasteiger partial charge on any atom is -0.497 e. The van der Waals surface area contributed by atoms with Crippen LogP contribution in [0.2, 0.25) is 0 Å². The number of benzene rings is 1. The Bertz CT molecular complexity index is 464. The zero-order chi connectivity index (χ0) is 14.6. The van der Waals surface area contributed by atoms with Gasteiger partial charge >= 0.3 is 0 Å². The topological polar surface area (TPSA) is 64.3 Å². The number of methoxy groups -OCH3 is 1. The van der Waals surface area contributed by atoms with E-state index in [2.05, 4.69) is 5.32 Å². The molecule has 3 N–H and O–H groups in total. The van der Waals surface area contributed by atoms with Crippen molar-refractivity contribution in [3.8, 4) is 5.75 Å². The third kappa shape index (κ3) is 3.31. The van der Waals surface area contributed by atoms with Gasteiger partial charge in [-0.05, 0) is 49.4 Å². The van der Waals surface area contributed by atoms with E-state index >= 15 is 0 Å². The molecule has 110 valence electrons. The fraction of sp³-hybridized carbons (Fsp3) is 0.562. The van der Waals surface area contributed by atoms with Gasteiger partial charge in [0, 0.05) is 6.42 Å². The van der Waals surface area contributed by atoms with E-state index in [0.29, 0.717) is 13.0 Å². The molecule has 0 aromatic heterocycles. The lowest BCUT2D eigenvalue weighted by Crippen LogP contribution is -2.42. The zero-order valence-electron chi connectivity index (χ0n) is 12.3. The first kappa shape index (κ1) is 14.9. The van der Waals surface area contributed by atoms with E-state index in [4.69, 9.17) is 10.5 Å². The van der Waals surface area contributed by atoms with Gasteiger partial charge in [0.15, 0.2) is 0 Å². The number of hydrogen-bond donors (Lipinski definition) is 2. The fourth-order valence-electron chi connectivity index (χ4n) is 2.76. The Balaban J connectivity index is 1.93. The number of rotatable bonds is 6. The highest BCUT2D eigenvalue weighted by Gasteiger charge is 2.37. The van der Waals surface area contributed by atoms with Crippen LogP contribution in [0.15, 0.2) is 24.3 Å². The normalized spacial score (nSPS) is 17.9. The van der Waals surface area contributed by atoms with E-state index in [-0.39, 0.29) is 17.4 Å². The van der Waals surface area contributed by atoms with Crippen molar-refractivity contribution < 1.29 is 9.53 Å². The Labute approximate surface area is 120 Å². The summed E-state index contributed by atoms with van der Waals surface area (Å²) in [7, 11) is 1.64. The van der Waals surface area contributed by atoms with Crippen molar-refractivity contribution in [1.82, 2.24) is 5.32 Å². The number of ether oxygens (including phenoxy) is 1. The lowest BCUT2D eigenvalue weighted by Gasteiger charge is -2.40. The molecule has 20 heavy (non-hydrogen) atoms. The van der Waals surface area contributed by atoms with Crippen LogP contribution in [0.25, 0.3) is 0 Å². The number of carbonyl (C=O) groups is 1. The molecule has 0 unspecified atom stereocenters. The van der Waals surface area contributed by atoms with E-state index < -0.39 is 0 Å². The molecule has 1 aromatic carbocycles. The van der Waals surface area contributed by atoms with Crippen molar-refractivity contribution in [2.24, 2.45) is 11.1 Å². The van der Waals surface area contributed by atoms with Gasteiger partial charge in [0.05, 0.1) is 13.2 Å². The molecule has 1 aliphatic carbocycles. The smallest absolute Gasteiger partial charge is 0.221 e. The van der Waals surface area contributed by atoms with Crippen LogP contribution in [0.1, 0.15) is 44.2 Å². The molecule has 0 radical (unpaired) electrons. The van der Waals surface area contributed by atoms with E-state index in [0.717, 1.165) is 24.2 Å². The summed E-state index contributed by atoms with van der Waals surface area (Å²) in [6.45, 7) is 2.59. The van der Waals surface area contributed by atoms with Gasteiger partial charge in [-0.15, -0.1) is 0 Å². The molecule has 1 aromatic rings. The standard InChI is InChI=1S/C16H24N2O2/c1-12(13-5-3-6-14(9-13)20-2)18-15(19)10-16(11-17)7-4-8-16/h3,5-6,9,12H,4,7-8,10-11,17H2,1-2H3,(H,18,19)/t12-/m1/s1. The summed E-state index contributed by atoms with van der Waals surface area (Å²) in [6.07, 6.45) is 3.88. The maximum absolute atomic E-state index is 12.2. The maximum atomic E-state index is 12.2. The van der Waals surface area contributed by atoms with E-state index in [9.17, 15) is 4.79 Å². The summed E-state index contributed by atoms with van der Waals surface area (Å²) in [5.41, 5.74) is 6.90. The molecule has 4 heteroatoms. The average molecular weight is 276 g/mol. The molecule has 0 heterocycles. The summed E-state index contributed by atoms with van der Waals surface area (Å²) < 4.78 is 5.21. The molecule has 0 aliphatic heterocycles. The van der Waals surface area contributed by atoms with Crippen molar-refractivity contribution in [2.75, 3.05) is 13.7 Å². The van der Waals surface area contributed by atoms with Gasteiger partial charge in [-0.1, -0.05) is 18.6 Å². The molecule has 0 bridgehead atoms. The third-order valence-electron chi connectivity index (χ3n) is 4.35. The first-order chi connectivity index (χ1) is 9.58. The second-order valence-electron chi connectivity index (χ2n) is 5.80. The summed E-state index contributed by atoms with van der Waals surface area (Å²) in [5.74, 6) is 0.895. The van der Waals surface area contributed by atoms with Gasteiger partial charge in [-0.2, -0.15) is 0 Å². The summed E-state index contributed by atoms with van der Waals surface area (Å²) in [6, 6.07) is 7.76. The molecule has 2 rings (SSSR count). The lowest BCUT2D eigenvalue weighted by molar-refractivity contribution is -0.125. The lowest BCUT2D eigenvalue weighted by atomic mass is 9.66. The molecule has 1 atom stereocenters. The quantitative estimate of drug-likeness (QED) is 0.838. The predicted molar refractivity (Wildman–Crippen MR) is 79.5 cm³/mol. The van der Waals surface area contributed by atoms with Crippen LogP contribution in [-0.2, 0) is 4.79 Å². The van der Waals surface area contributed by atoms with Gasteiger partial charge in [0.2, 0.25) is 5.91 Å². The molecule has 1 fully saturated rings. The molecule has 0 spiro atoms. The predicted octanol–water partition coefficient (Wildman–Crippen LogP) is 2.39. The van der Waals surface area contributed by atoms with E-state index in [1.165, 1.54) is 6.42 Å². The van der Waals surface area contributed by atoms with Crippen LogP contribution in [0.3, 0.4) is 0 Å². The summed E-state index contributed by atoms with van der Waals surface area (Å²) in [5, 5.41) is 3.06. The first-order valence-corrected chi connectivity index (χ1v) is 7.22. The zero-order valence-corrected chi connectivity index (χ0v) is 12.3. The van der Waals surface area contributed by atoms with Crippen LogP contribution in [-0.4, -0.2) is 19.6 Å². The highest BCUT2D eigenvalue weighted by atomic mass is 16.5. The monoisotopic (exact) mass is 276 g/mol. The number of carbonyl (C=O) groups excluding carboxylic acids is 1. The molecular weight excluding hydrogens is 252 g/mol. The van der Waals surface area contributed by atoms with Crippen LogP contribution >= 0.6 is 0 Å². The number of hydrogen-bond acceptors (Lipinski definition) is 3. The van der Waals surface area contributed by atoms with Crippen LogP contribution in [0.4, 0.5) is 0 Å². The van der Waals surface area contributed by atoms with Gasteiger partial charge in [-0.25, -0.2) is 0 Å². The maximum Gasteiger partial charge on any atom is 0.221 e. The highest BCUT2D eigenvalue weighted by molar-refractivity contribution is 5.77. The molecule has 1 aliphatic rings. The molecule has 0 saturated heterocycles. The molecule has 1 saturated carbocycles. The fourth-order valence-corrected chi connectivity index (χ4v) is 2.76. The summed E-state index contributed by atoms with van der Waals surface area (Å²) in [4.78, 5) is 12.2. The molecule has 4 nitrogen and oxygen atoms in total. The second-order valence-corrected chi connectivity index (χ2v) is 5.80. The van der Waals surface area contributed by atoms with Crippen LogP contribution in [0, 0.1) is 5.41 Å². The first-order valence-electron chi connectivity index (χ1n) is 7.22. The Morgan fingerprint density at radius 2 is 2.25 bits per heavy atom. The number of nitrogens with one attached hydrogen (secondary N) is 1. The average Bonchev–Trinajstić information content (AvgIpc) is 2.43. The van der Waals surface area contributed by atoms with Gasteiger partial charge in [0.25, 0.3) is 0 Å². The minimum absolute atomic E-state index is 0.0208. The number of nitrogens with two attached hydrogens (primary N) is 1. The van der Waals surface area contributed by atoms with Crippen LogP contribution in [0.5, 0.6) is 5.75 Å². The Morgan fingerprint density at radius 3 is 2.80 bits per heavy atom. The Kier molecular flexibility index (Phi) is 4.65. The third-order valence-corrected chi connectivity index (χ3v) is 4.35. The Morgan fingerprint density at radius 1 is 1.50 bits per heavy atom.